The van der Waals surface area contributed by atoms with Crippen LogP contribution in [0.1, 0.15) is 29.3 Å². The Balaban J connectivity index is 1.54. The summed E-state index contributed by atoms with van der Waals surface area (Å²) in [6.07, 6.45) is 0.397. The molecule has 1 aliphatic rings. The van der Waals surface area contributed by atoms with E-state index in [1.165, 1.54) is 6.07 Å². The number of aromatic nitrogens is 2. The molecule has 3 aromatic carbocycles. The number of hydrogen-bond acceptors (Lipinski definition) is 2. The van der Waals surface area contributed by atoms with Crippen LogP contribution in [0.15, 0.2) is 72.8 Å². The van der Waals surface area contributed by atoms with Crippen molar-refractivity contribution < 1.29 is 9.18 Å². The largest absolute Gasteiger partial charge is 0.323 e. The van der Waals surface area contributed by atoms with Crippen molar-refractivity contribution in [3.63, 3.8) is 0 Å². The Kier molecular flexibility index (Phi) is 4.58. The standard InChI is InChI=1S/C25H22FN3O/c1-17-7-6-9-20(13-17)28-16-19(14-24(28)30)25-27-22-11-4-5-12-23(22)29(25)15-18-8-2-3-10-21(18)26/h2-13,19H,14-16H2,1H3. The second-order valence-corrected chi connectivity index (χ2v) is 7.88. The molecule has 0 saturated carbocycles. The van der Waals surface area contributed by atoms with Gasteiger partial charge in [0, 0.05) is 30.1 Å². The van der Waals surface area contributed by atoms with Gasteiger partial charge in [0.1, 0.15) is 11.6 Å². The second-order valence-electron chi connectivity index (χ2n) is 7.88. The number of anilines is 1. The number of para-hydroxylation sites is 2. The summed E-state index contributed by atoms with van der Waals surface area (Å²) in [5.74, 6) is 0.653. The Labute approximate surface area is 174 Å². The van der Waals surface area contributed by atoms with Crippen LogP contribution in [-0.2, 0) is 11.3 Å². The number of amides is 1. The van der Waals surface area contributed by atoms with Crippen molar-refractivity contribution in [1.82, 2.24) is 9.55 Å². The van der Waals surface area contributed by atoms with Gasteiger partial charge >= 0.3 is 0 Å². The molecule has 30 heavy (non-hydrogen) atoms. The van der Waals surface area contributed by atoms with Crippen molar-refractivity contribution in [2.45, 2.75) is 25.8 Å². The minimum Gasteiger partial charge on any atom is -0.323 e. The minimum atomic E-state index is -0.231. The highest BCUT2D eigenvalue weighted by atomic mass is 19.1. The van der Waals surface area contributed by atoms with E-state index in [0.29, 0.717) is 25.1 Å². The first kappa shape index (κ1) is 18.6. The number of benzene rings is 3. The Hall–Kier alpha value is -3.47. The lowest BCUT2D eigenvalue weighted by Gasteiger charge is -2.18. The van der Waals surface area contributed by atoms with Crippen molar-refractivity contribution in [2.24, 2.45) is 0 Å². The van der Waals surface area contributed by atoms with Crippen LogP contribution < -0.4 is 4.90 Å². The van der Waals surface area contributed by atoms with Crippen molar-refractivity contribution in [2.75, 3.05) is 11.4 Å². The van der Waals surface area contributed by atoms with E-state index in [4.69, 9.17) is 4.98 Å². The highest BCUT2D eigenvalue weighted by molar-refractivity contribution is 5.96. The summed E-state index contributed by atoms with van der Waals surface area (Å²) in [5, 5.41) is 0. The topological polar surface area (TPSA) is 38.1 Å². The van der Waals surface area contributed by atoms with Gasteiger partial charge in [0.2, 0.25) is 5.91 Å². The fourth-order valence-electron chi connectivity index (χ4n) is 4.29. The summed E-state index contributed by atoms with van der Waals surface area (Å²) in [6, 6.07) is 22.7. The van der Waals surface area contributed by atoms with Gasteiger partial charge in [-0.2, -0.15) is 0 Å². The van der Waals surface area contributed by atoms with Crippen LogP contribution in [0.3, 0.4) is 0 Å². The SMILES string of the molecule is Cc1cccc(N2CC(c3nc4ccccc4n3Cc3ccccc3F)CC2=O)c1. The third-order valence-electron chi connectivity index (χ3n) is 5.77. The molecule has 5 rings (SSSR count). The van der Waals surface area contributed by atoms with Crippen LogP contribution in [0.4, 0.5) is 10.1 Å². The molecule has 4 aromatic rings. The zero-order chi connectivity index (χ0) is 20.7. The number of imidazole rings is 1. The number of hydrogen-bond donors (Lipinski definition) is 0. The molecular formula is C25H22FN3O. The molecule has 0 radical (unpaired) electrons. The van der Waals surface area contributed by atoms with Gasteiger partial charge in [-0.25, -0.2) is 9.37 Å². The van der Waals surface area contributed by atoms with Gasteiger partial charge in [0.25, 0.3) is 0 Å². The zero-order valence-corrected chi connectivity index (χ0v) is 16.8. The summed E-state index contributed by atoms with van der Waals surface area (Å²) in [6.45, 7) is 2.98. The molecule has 5 heteroatoms. The highest BCUT2D eigenvalue weighted by Gasteiger charge is 2.35. The summed E-state index contributed by atoms with van der Waals surface area (Å²) in [5.41, 5.74) is 4.47. The molecule has 1 unspecified atom stereocenters. The van der Waals surface area contributed by atoms with Gasteiger partial charge in [-0.3, -0.25) is 4.79 Å². The van der Waals surface area contributed by atoms with Crippen LogP contribution in [0.25, 0.3) is 11.0 Å². The van der Waals surface area contributed by atoms with Crippen molar-refractivity contribution in [3.05, 3.63) is 95.6 Å². The molecule has 4 nitrogen and oxygen atoms in total. The van der Waals surface area contributed by atoms with E-state index in [9.17, 15) is 9.18 Å². The zero-order valence-electron chi connectivity index (χ0n) is 16.8. The normalized spacial score (nSPS) is 16.5. The molecule has 1 fully saturated rings. The lowest BCUT2D eigenvalue weighted by atomic mass is 10.1. The molecule has 1 aliphatic heterocycles. The predicted octanol–water partition coefficient (Wildman–Crippen LogP) is 5.05. The number of aryl methyl sites for hydroxylation is 1. The Bertz CT molecular complexity index is 1250. The number of fused-ring (bicyclic) bond motifs is 1. The van der Waals surface area contributed by atoms with Crippen LogP contribution in [0.2, 0.25) is 0 Å². The average molecular weight is 399 g/mol. The smallest absolute Gasteiger partial charge is 0.227 e. The Morgan fingerprint density at radius 1 is 1.03 bits per heavy atom. The first-order chi connectivity index (χ1) is 14.6. The maximum absolute atomic E-state index is 14.4. The van der Waals surface area contributed by atoms with E-state index in [2.05, 4.69) is 4.57 Å². The molecule has 0 N–H and O–H groups in total. The lowest BCUT2D eigenvalue weighted by Crippen LogP contribution is -2.24. The second kappa shape index (κ2) is 7.41. The predicted molar refractivity (Wildman–Crippen MR) is 116 cm³/mol. The van der Waals surface area contributed by atoms with E-state index in [-0.39, 0.29) is 17.6 Å². The van der Waals surface area contributed by atoms with Crippen molar-refractivity contribution >= 4 is 22.6 Å². The number of halogens is 1. The van der Waals surface area contributed by atoms with Gasteiger partial charge in [-0.15, -0.1) is 0 Å². The van der Waals surface area contributed by atoms with Gasteiger partial charge in [0.15, 0.2) is 0 Å². The number of carbonyl (C=O) groups is 1. The molecule has 1 amide bonds. The van der Waals surface area contributed by atoms with Crippen molar-refractivity contribution in [3.8, 4) is 0 Å². The van der Waals surface area contributed by atoms with Gasteiger partial charge in [-0.1, -0.05) is 42.5 Å². The third kappa shape index (κ3) is 3.26. The van der Waals surface area contributed by atoms with E-state index in [1.54, 1.807) is 12.1 Å². The van der Waals surface area contributed by atoms with E-state index in [0.717, 1.165) is 28.1 Å². The first-order valence-electron chi connectivity index (χ1n) is 10.2. The molecular weight excluding hydrogens is 377 g/mol. The maximum Gasteiger partial charge on any atom is 0.227 e. The van der Waals surface area contributed by atoms with E-state index >= 15 is 0 Å². The molecule has 1 saturated heterocycles. The number of nitrogens with zero attached hydrogens (tertiary/aromatic N) is 3. The molecule has 1 atom stereocenters. The molecule has 0 spiro atoms. The fraction of sp³-hybridized carbons (Fsp3) is 0.200. The average Bonchev–Trinajstić information content (AvgIpc) is 3.30. The number of rotatable bonds is 4. The molecule has 0 aliphatic carbocycles. The minimum absolute atomic E-state index is 0.0443. The summed E-state index contributed by atoms with van der Waals surface area (Å²) in [7, 11) is 0. The Morgan fingerprint density at radius 3 is 2.67 bits per heavy atom. The quantitative estimate of drug-likeness (QED) is 0.481. The van der Waals surface area contributed by atoms with Crippen LogP contribution in [-0.4, -0.2) is 22.0 Å². The fourth-order valence-corrected chi connectivity index (χ4v) is 4.29. The van der Waals surface area contributed by atoms with Crippen LogP contribution >= 0.6 is 0 Å². The molecule has 0 bridgehead atoms. The Morgan fingerprint density at radius 2 is 1.83 bits per heavy atom. The first-order valence-corrected chi connectivity index (χ1v) is 10.2. The van der Waals surface area contributed by atoms with Crippen molar-refractivity contribution in [1.29, 1.82) is 0 Å². The van der Waals surface area contributed by atoms with E-state index in [1.807, 2.05) is 66.4 Å². The highest BCUT2D eigenvalue weighted by Crippen LogP contribution is 2.34. The molecule has 2 heterocycles. The summed E-state index contributed by atoms with van der Waals surface area (Å²) < 4.78 is 16.4. The third-order valence-corrected chi connectivity index (χ3v) is 5.77. The molecule has 1 aromatic heterocycles. The van der Waals surface area contributed by atoms with E-state index < -0.39 is 0 Å². The van der Waals surface area contributed by atoms with Gasteiger partial charge < -0.3 is 9.47 Å². The van der Waals surface area contributed by atoms with Gasteiger partial charge in [0.05, 0.1) is 17.6 Å². The maximum atomic E-state index is 14.4. The summed E-state index contributed by atoms with van der Waals surface area (Å²) >= 11 is 0. The molecule has 150 valence electrons. The monoisotopic (exact) mass is 399 g/mol. The van der Waals surface area contributed by atoms with Crippen LogP contribution in [0.5, 0.6) is 0 Å². The van der Waals surface area contributed by atoms with Gasteiger partial charge in [-0.05, 0) is 42.8 Å². The summed E-state index contributed by atoms with van der Waals surface area (Å²) in [4.78, 5) is 19.5. The lowest BCUT2D eigenvalue weighted by molar-refractivity contribution is -0.117. The van der Waals surface area contributed by atoms with Crippen LogP contribution in [0, 0.1) is 12.7 Å². The number of carbonyl (C=O) groups excluding carboxylic acids is 1.